The topological polar surface area (TPSA) is 86.8 Å². The Balaban J connectivity index is 1.98. The number of amides is 2. The van der Waals surface area contributed by atoms with Gasteiger partial charge in [-0.1, -0.05) is 68.4 Å². The molecule has 0 saturated carbocycles. The highest BCUT2D eigenvalue weighted by Crippen LogP contribution is 2.24. The molecule has 0 heterocycles. The summed E-state index contributed by atoms with van der Waals surface area (Å²) in [6.07, 6.45) is 0. The van der Waals surface area contributed by atoms with Gasteiger partial charge in [0, 0.05) is 18.7 Å². The molecule has 37 heavy (non-hydrogen) atoms. The van der Waals surface area contributed by atoms with Crippen LogP contribution in [-0.4, -0.2) is 44.3 Å². The van der Waals surface area contributed by atoms with Crippen LogP contribution in [-0.2, 0) is 26.2 Å². The van der Waals surface area contributed by atoms with Crippen LogP contribution in [0.15, 0.2) is 89.8 Å². The Morgan fingerprint density at radius 3 is 2.03 bits per heavy atom. The molecule has 0 aliphatic heterocycles. The van der Waals surface area contributed by atoms with Gasteiger partial charge in [0.15, 0.2) is 0 Å². The highest BCUT2D eigenvalue weighted by Gasteiger charge is 2.32. The molecule has 0 saturated heterocycles. The first-order valence-corrected chi connectivity index (χ1v) is 13.5. The molecule has 0 unspecified atom stereocenters. The van der Waals surface area contributed by atoms with E-state index < -0.39 is 40.2 Å². The normalized spacial score (nSPS) is 12.1. The van der Waals surface area contributed by atoms with E-state index in [9.17, 15) is 22.4 Å². The summed E-state index contributed by atoms with van der Waals surface area (Å²) < 4.78 is 42.7. The second-order valence-corrected chi connectivity index (χ2v) is 11.0. The number of benzene rings is 3. The van der Waals surface area contributed by atoms with E-state index >= 15 is 0 Å². The first-order chi connectivity index (χ1) is 17.6. The molecule has 0 aromatic heterocycles. The Hall–Kier alpha value is -3.72. The van der Waals surface area contributed by atoms with Crippen molar-refractivity contribution >= 4 is 27.5 Å². The van der Waals surface area contributed by atoms with E-state index in [4.69, 9.17) is 0 Å². The number of anilines is 1. The van der Waals surface area contributed by atoms with Crippen molar-refractivity contribution in [2.24, 2.45) is 5.92 Å². The van der Waals surface area contributed by atoms with Crippen molar-refractivity contribution in [1.29, 1.82) is 0 Å². The van der Waals surface area contributed by atoms with Crippen molar-refractivity contribution in [3.8, 4) is 0 Å². The molecule has 3 rings (SSSR count). The number of halogens is 1. The number of hydrogen-bond acceptors (Lipinski definition) is 4. The molecule has 196 valence electrons. The van der Waals surface area contributed by atoms with E-state index in [1.54, 1.807) is 61.5 Å². The van der Waals surface area contributed by atoms with Crippen LogP contribution in [0.1, 0.15) is 26.3 Å². The van der Waals surface area contributed by atoms with Gasteiger partial charge in [0.2, 0.25) is 11.8 Å². The second-order valence-electron chi connectivity index (χ2n) is 9.09. The minimum Gasteiger partial charge on any atom is -0.354 e. The van der Waals surface area contributed by atoms with E-state index in [1.807, 2.05) is 13.8 Å². The van der Waals surface area contributed by atoms with Gasteiger partial charge in [0.05, 0.1) is 10.6 Å². The van der Waals surface area contributed by atoms with Crippen molar-refractivity contribution in [3.05, 3.63) is 96.3 Å². The predicted molar refractivity (Wildman–Crippen MR) is 142 cm³/mol. The predicted octanol–water partition coefficient (Wildman–Crippen LogP) is 4.21. The zero-order valence-corrected chi connectivity index (χ0v) is 22.0. The lowest BCUT2D eigenvalue weighted by atomic mass is 10.1. The van der Waals surface area contributed by atoms with Crippen LogP contribution < -0.4 is 9.62 Å². The van der Waals surface area contributed by atoms with Crippen LogP contribution in [0.5, 0.6) is 0 Å². The van der Waals surface area contributed by atoms with Gasteiger partial charge in [-0.05, 0) is 43.2 Å². The van der Waals surface area contributed by atoms with E-state index in [-0.39, 0.29) is 22.9 Å². The monoisotopic (exact) mass is 525 g/mol. The van der Waals surface area contributed by atoms with Crippen molar-refractivity contribution in [2.45, 2.75) is 38.3 Å². The molecule has 3 aromatic rings. The fraction of sp³-hybridized carbons (Fsp3) is 0.286. The minimum absolute atomic E-state index is 0.0232. The number of carbonyl (C=O) groups excluding carboxylic acids is 2. The van der Waals surface area contributed by atoms with Gasteiger partial charge in [-0.2, -0.15) is 0 Å². The number of hydrogen-bond donors (Lipinski definition) is 1. The molecule has 9 heteroatoms. The lowest BCUT2D eigenvalue weighted by molar-refractivity contribution is -0.139. The van der Waals surface area contributed by atoms with E-state index in [1.165, 1.54) is 35.2 Å². The summed E-state index contributed by atoms with van der Waals surface area (Å²) in [6, 6.07) is 21.1. The lowest BCUT2D eigenvalue weighted by Gasteiger charge is -2.32. The van der Waals surface area contributed by atoms with Crippen LogP contribution in [0.2, 0.25) is 0 Å². The highest BCUT2D eigenvalue weighted by atomic mass is 32.2. The summed E-state index contributed by atoms with van der Waals surface area (Å²) in [4.78, 5) is 27.9. The average Bonchev–Trinajstić information content (AvgIpc) is 2.90. The number of nitrogens with zero attached hydrogens (tertiary/aromatic N) is 2. The average molecular weight is 526 g/mol. The molecule has 0 spiro atoms. The second kappa shape index (κ2) is 12.5. The van der Waals surface area contributed by atoms with Crippen LogP contribution in [0.25, 0.3) is 0 Å². The van der Waals surface area contributed by atoms with E-state index in [0.29, 0.717) is 12.2 Å². The molecule has 3 aromatic carbocycles. The molecule has 0 aliphatic rings. The molecule has 1 N–H and O–H groups in total. The van der Waals surface area contributed by atoms with Gasteiger partial charge >= 0.3 is 0 Å². The zero-order chi connectivity index (χ0) is 27.0. The highest BCUT2D eigenvalue weighted by molar-refractivity contribution is 7.92. The Kier molecular flexibility index (Phi) is 9.41. The third-order valence-corrected chi connectivity index (χ3v) is 7.59. The van der Waals surface area contributed by atoms with Gasteiger partial charge in [-0.15, -0.1) is 0 Å². The summed E-state index contributed by atoms with van der Waals surface area (Å²) >= 11 is 0. The van der Waals surface area contributed by atoms with Gasteiger partial charge in [0.1, 0.15) is 18.4 Å². The van der Waals surface area contributed by atoms with Gasteiger partial charge < -0.3 is 10.2 Å². The van der Waals surface area contributed by atoms with Gasteiger partial charge in [0.25, 0.3) is 10.0 Å². The van der Waals surface area contributed by atoms with Crippen molar-refractivity contribution in [1.82, 2.24) is 10.2 Å². The Morgan fingerprint density at radius 1 is 0.865 bits per heavy atom. The van der Waals surface area contributed by atoms with Crippen LogP contribution in [0.4, 0.5) is 10.1 Å². The number of carbonyl (C=O) groups is 2. The standard InChI is InChI=1S/C28H32FN3O4S/c1-21(2)18-30-28(34)22(3)31(19-23-12-10-11-17-26(23)29)27(33)20-32(24-13-6-4-7-14-24)37(35,36)25-15-8-5-9-16-25/h4-17,21-22H,18-20H2,1-3H3,(H,30,34)/t22-/m1/s1. The first kappa shape index (κ1) is 27.9. The largest absolute Gasteiger partial charge is 0.354 e. The number of para-hydroxylation sites is 1. The van der Waals surface area contributed by atoms with E-state index in [0.717, 1.165) is 4.31 Å². The molecular formula is C28H32FN3O4S. The third kappa shape index (κ3) is 7.16. The van der Waals surface area contributed by atoms with Crippen LogP contribution in [0.3, 0.4) is 0 Å². The summed E-state index contributed by atoms with van der Waals surface area (Å²) in [5, 5.41) is 2.80. The smallest absolute Gasteiger partial charge is 0.264 e. The summed E-state index contributed by atoms with van der Waals surface area (Å²) in [6.45, 7) is 5.07. The van der Waals surface area contributed by atoms with Crippen LogP contribution in [0, 0.1) is 11.7 Å². The summed E-state index contributed by atoms with van der Waals surface area (Å²) in [5.74, 6) is -1.38. The SMILES string of the molecule is CC(C)CNC(=O)[C@@H](C)N(Cc1ccccc1F)C(=O)CN(c1ccccc1)S(=O)(=O)c1ccccc1. The minimum atomic E-state index is -4.12. The van der Waals surface area contributed by atoms with E-state index in [2.05, 4.69) is 5.32 Å². The molecule has 7 nitrogen and oxygen atoms in total. The first-order valence-electron chi connectivity index (χ1n) is 12.0. The molecule has 0 radical (unpaired) electrons. The Bertz CT molecular complexity index is 1300. The fourth-order valence-electron chi connectivity index (χ4n) is 3.69. The zero-order valence-electron chi connectivity index (χ0n) is 21.2. The number of rotatable bonds is 11. The van der Waals surface area contributed by atoms with Crippen molar-refractivity contribution in [2.75, 3.05) is 17.4 Å². The Morgan fingerprint density at radius 2 is 1.43 bits per heavy atom. The van der Waals surface area contributed by atoms with Gasteiger partial charge in [-0.3, -0.25) is 13.9 Å². The number of sulfonamides is 1. The maximum absolute atomic E-state index is 14.5. The lowest BCUT2D eigenvalue weighted by Crippen LogP contribution is -2.51. The number of nitrogens with one attached hydrogen (secondary N) is 1. The molecule has 0 bridgehead atoms. The molecular weight excluding hydrogens is 493 g/mol. The summed E-state index contributed by atoms with van der Waals surface area (Å²) in [5.41, 5.74) is 0.513. The van der Waals surface area contributed by atoms with Crippen molar-refractivity contribution in [3.63, 3.8) is 0 Å². The fourth-order valence-corrected chi connectivity index (χ4v) is 5.12. The quantitative estimate of drug-likeness (QED) is 0.406. The third-order valence-electron chi connectivity index (χ3n) is 5.80. The Labute approximate surface area is 218 Å². The molecule has 2 amide bonds. The maximum atomic E-state index is 14.5. The molecule has 1 atom stereocenters. The molecule has 0 aliphatic carbocycles. The van der Waals surface area contributed by atoms with Crippen molar-refractivity contribution < 1.29 is 22.4 Å². The summed E-state index contributed by atoms with van der Waals surface area (Å²) in [7, 11) is -4.12. The van der Waals surface area contributed by atoms with Crippen LogP contribution >= 0.6 is 0 Å². The molecule has 0 fully saturated rings. The van der Waals surface area contributed by atoms with Gasteiger partial charge in [-0.25, -0.2) is 12.8 Å². The maximum Gasteiger partial charge on any atom is 0.264 e.